The van der Waals surface area contributed by atoms with Crippen molar-refractivity contribution in [3.8, 4) is 0 Å². The molecule has 3 heteroatoms. The topological polar surface area (TPSA) is 33.3 Å². The number of hydrogen-bond acceptors (Lipinski definition) is 3. The Hall–Kier alpha value is -0.120. The summed E-state index contributed by atoms with van der Waals surface area (Å²) in [5.41, 5.74) is 0. The number of hydrogen-bond donors (Lipinski definition) is 2. The van der Waals surface area contributed by atoms with Crippen LogP contribution in [0, 0.1) is 11.8 Å². The molecule has 2 rings (SSSR count). The fourth-order valence-electron chi connectivity index (χ4n) is 3.71. The van der Waals surface area contributed by atoms with Crippen LogP contribution in [-0.4, -0.2) is 38.4 Å². The van der Waals surface area contributed by atoms with E-state index in [0.29, 0.717) is 6.04 Å². The molecule has 2 N–H and O–H groups in total. The van der Waals surface area contributed by atoms with Gasteiger partial charge in [-0.25, -0.2) is 0 Å². The fraction of sp³-hybridized carbons (Fsp3) is 1.00. The highest BCUT2D eigenvalue weighted by atomic mass is 16.5. The van der Waals surface area contributed by atoms with Gasteiger partial charge in [-0.3, -0.25) is 0 Å². The van der Waals surface area contributed by atoms with Crippen LogP contribution < -0.4 is 10.6 Å². The molecule has 20 heavy (non-hydrogen) atoms. The van der Waals surface area contributed by atoms with E-state index in [-0.39, 0.29) is 0 Å². The van der Waals surface area contributed by atoms with Gasteiger partial charge >= 0.3 is 0 Å². The Morgan fingerprint density at radius 3 is 2.70 bits per heavy atom. The lowest BCUT2D eigenvalue weighted by Crippen LogP contribution is -2.47. The predicted molar refractivity (Wildman–Crippen MR) is 85.0 cm³/mol. The maximum Gasteiger partial charge on any atom is 0.0591 e. The third-order valence-electron chi connectivity index (χ3n) is 4.93. The zero-order valence-electron chi connectivity index (χ0n) is 13.5. The minimum absolute atomic E-state index is 0.716. The molecular formula is C17H34N2O. The molecule has 0 spiro atoms. The summed E-state index contributed by atoms with van der Waals surface area (Å²) in [4.78, 5) is 0. The largest absolute Gasteiger partial charge is 0.380 e. The standard InChI is InChI=1S/C17H34N2O/c1-14(2)9-12-20-13-11-19-16-7-4-3-6-15(16)17-8-5-10-18-17/h14-19H,3-13H2,1-2H3. The van der Waals surface area contributed by atoms with Crippen molar-refractivity contribution in [1.82, 2.24) is 10.6 Å². The Kier molecular flexibility index (Phi) is 7.32. The molecule has 0 aromatic carbocycles. The molecule has 1 aliphatic heterocycles. The van der Waals surface area contributed by atoms with Gasteiger partial charge < -0.3 is 15.4 Å². The summed E-state index contributed by atoms with van der Waals surface area (Å²) in [6.45, 7) is 8.54. The molecule has 1 heterocycles. The first-order valence-electron chi connectivity index (χ1n) is 8.82. The van der Waals surface area contributed by atoms with Gasteiger partial charge in [-0.2, -0.15) is 0 Å². The predicted octanol–water partition coefficient (Wildman–Crippen LogP) is 2.95. The molecule has 3 atom stereocenters. The van der Waals surface area contributed by atoms with Crippen molar-refractivity contribution in [3.05, 3.63) is 0 Å². The van der Waals surface area contributed by atoms with Crippen molar-refractivity contribution < 1.29 is 4.74 Å². The van der Waals surface area contributed by atoms with Crippen LogP contribution in [0.5, 0.6) is 0 Å². The smallest absolute Gasteiger partial charge is 0.0591 e. The second-order valence-electron chi connectivity index (χ2n) is 7.01. The lowest BCUT2D eigenvalue weighted by Gasteiger charge is -2.36. The van der Waals surface area contributed by atoms with E-state index in [4.69, 9.17) is 4.74 Å². The number of ether oxygens (including phenoxy) is 1. The molecular weight excluding hydrogens is 248 g/mol. The van der Waals surface area contributed by atoms with Crippen LogP contribution >= 0.6 is 0 Å². The van der Waals surface area contributed by atoms with Crippen molar-refractivity contribution in [3.63, 3.8) is 0 Å². The van der Waals surface area contributed by atoms with Gasteiger partial charge in [0.1, 0.15) is 0 Å². The van der Waals surface area contributed by atoms with Crippen LogP contribution in [0.15, 0.2) is 0 Å². The van der Waals surface area contributed by atoms with Gasteiger partial charge in [-0.15, -0.1) is 0 Å². The van der Waals surface area contributed by atoms with Gasteiger partial charge in [-0.05, 0) is 50.5 Å². The summed E-state index contributed by atoms with van der Waals surface area (Å²) < 4.78 is 5.72. The van der Waals surface area contributed by atoms with Crippen LogP contribution in [0.1, 0.15) is 58.8 Å². The summed E-state index contributed by atoms with van der Waals surface area (Å²) in [7, 11) is 0. The summed E-state index contributed by atoms with van der Waals surface area (Å²) in [6.07, 6.45) is 9.51. The highest BCUT2D eigenvalue weighted by Crippen LogP contribution is 2.30. The maximum atomic E-state index is 5.72. The summed E-state index contributed by atoms with van der Waals surface area (Å²) in [6, 6.07) is 1.49. The fourth-order valence-corrected chi connectivity index (χ4v) is 3.71. The first-order chi connectivity index (χ1) is 9.77. The van der Waals surface area contributed by atoms with Crippen molar-refractivity contribution >= 4 is 0 Å². The molecule has 0 bridgehead atoms. The van der Waals surface area contributed by atoms with Gasteiger partial charge in [-0.1, -0.05) is 26.7 Å². The number of rotatable bonds is 8. The maximum absolute atomic E-state index is 5.72. The molecule has 0 radical (unpaired) electrons. The van der Waals surface area contributed by atoms with Crippen molar-refractivity contribution in [2.24, 2.45) is 11.8 Å². The molecule has 2 fully saturated rings. The SMILES string of the molecule is CC(C)CCOCCNC1CCCCC1C1CCCN1. The average Bonchev–Trinajstić information content (AvgIpc) is 2.97. The quantitative estimate of drug-likeness (QED) is 0.672. The van der Waals surface area contributed by atoms with Crippen LogP contribution in [0.4, 0.5) is 0 Å². The van der Waals surface area contributed by atoms with Crippen LogP contribution in [0.25, 0.3) is 0 Å². The highest BCUT2D eigenvalue weighted by molar-refractivity contribution is 4.91. The van der Waals surface area contributed by atoms with E-state index in [1.165, 1.54) is 51.5 Å². The average molecular weight is 282 g/mol. The van der Waals surface area contributed by atoms with Gasteiger partial charge in [0.15, 0.2) is 0 Å². The molecule has 2 aliphatic rings. The summed E-state index contributed by atoms with van der Waals surface area (Å²) >= 11 is 0. The van der Waals surface area contributed by atoms with Gasteiger partial charge in [0.25, 0.3) is 0 Å². The lowest BCUT2D eigenvalue weighted by molar-refractivity contribution is 0.116. The first kappa shape index (κ1) is 16.3. The van der Waals surface area contributed by atoms with E-state index < -0.39 is 0 Å². The third-order valence-corrected chi connectivity index (χ3v) is 4.93. The van der Waals surface area contributed by atoms with E-state index in [2.05, 4.69) is 24.5 Å². The van der Waals surface area contributed by atoms with E-state index in [1.807, 2.05) is 0 Å². The first-order valence-corrected chi connectivity index (χ1v) is 8.82. The zero-order chi connectivity index (χ0) is 14.2. The Bertz CT molecular complexity index is 251. The highest BCUT2D eigenvalue weighted by Gasteiger charge is 2.32. The molecule has 3 nitrogen and oxygen atoms in total. The minimum Gasteiger partial charge on any atom is -0.380 e. The molecule has 118 valence electrons. The third kappa shape index (κ3) is 5.34. The molecule has 1 saturated heterocycles. The second kappa shape index (κ2) is 9.01. The van der Waals surface area contributed by atoms with Crippen molar-refractivity contribution in [2.45, 2.75) is 70.9 Å². The summed E-state index contributed by atoms with van der Waals surface area (Å²) in [5, 5.41) is 7.48. The summed E-state index contributed by atoms with van der Waals surface area (Å²) in [5.74, 6) is 1.60. The Balaban J connectivity index is 1.62. The monoisotopic (exact) mass is 282 g/mol. The van der Waals surface area contributed by atoms with E-state index in [1.54, 1.807) is 0 Å². The Morgan fingerprint density at radius 2 is 1.95 bits per heavy atom. The van der Waals surface area contributed by atoms with Gasteiger partial charge in [0.2, 0.25) is 0 Å². The van der Waals surface area contributed by atoms with E-state index in [9.17, 15) is 0 Å². The Morgan fingerprint density at radius 1 is 1.10 bits per heavy atom. The normalized spacial score (nSPS) is 31.1. The van der Waals surface area contributed by atoms with E-state index >= 15 is 0 Å². The number of nitrogens with one attached hydrogen (secondary N) is 2. The van der Waals surface area contributed by atoms with Crippen molar-refractivity contribution in [2.75, 3.05) is 26.3 Å². The minimum atomic E-state index is 0.716. The Labute approximate surface area is 125 Å². The van der Waals surface area contributed by atoms with Gasteiger partial charge in [0.05, 0.1) is 6.61 Å². The molecule has 0 amide bonds. The molecule has 0 aromatic rings. The molecule has 1 saturated carbocycles. The zero-order valence-corrected chi connectivity index (χ0v) is 13.5. The molecule has 3 unspecified atom stereocenters. The molecule has 0 aromatic heterocycles. The van der Waals surface area contributed by atoms with Crippen LogP contribution in [0.3, 0.4) is 0 Å². The lowest BCUT2D eigenvalue weighted by atomic mass is 9.79. The molecule has 1 aliphatic carbocycles. The van der Waals surface area contributed by atoms with Crippen LogP contribution in [-0.2, 0) is 4.74 Å². The van der Waals surface area contributed by atoms with Crippen LogP contribution in [0.2, 0.25) is 0 Å². The second-order valence-corrected chi connectivity index (χ2v) is 7.01. The van der Waals surface area contributed by atoms with E-state index in [0.717, 1.165) is 37.6 Å². The van der Waals surface area contributed by atoms with Crippen molar-refractivity contribution in [1.29, 1.82) is 0 Å². The van der Waals surface area contributed by atoms with Gasteiger partial charge in [0, 0.05) is 25.2 Å².